The van der Waals surface area contributed by atoms with Gasteiger partial charge in [-0.3, -0.25) is 13.2 Å². The van der Waals surface area contributed by atoms with E-state index in [-0.39, 0.29) is 5.15 Å². The van der Waals surface area contributed by atoms with Crippen LogP contribution >= 0.6 is 11.6 Å². The van der Waals surface area contributed by atoms with E-state index in [1.165, 1.54) is 4.68 Å². The van der Waals surface area contributed by atoms with Crippen LogP contribution in [-0.4, -0.2) is 18.5 Å². The van der Waals surface area contributed by atoms with Gasteiger partial charge in [0, 0.05) is 7.05 Å². The fourth-order valence-electron chi connectivity index (χ4n) is 1.82. The first-order valence-electron chi connectivity index (χ1n) is 5.57. The Balaban J connectivity index is 2.58. The Hall–Kier alpha value is -1.37. The molecule has 0 fully saturated rings. The van der Waals surface area contributed by atoms with Crippen LogP contribution in [0.2, 0.25) is 5.15 Å². The Kier molecular flexibility index (Phi) is 3.93. The fourth-order valence-corrected chi connectivity index (χ4v) is 2.79. The second-order valence-electron chi connectivity index (χ2n) is 4.20. The van der Waals surface area contributed by atoms with Gasteiger partial charge in [0.25, 0.3) is 0 Å². The summed E-state index contributed by atoms with van der Waals surface area (Å²) < 4.78 is 25.6. The molecule has 102 valence electrons. The van der Waals surface area contributed by atoms with Gasteiger partial charge in [-0.25, -0.2) is 0 Å². The molecule has 0 amide bonds. The van der Waals surface area contributed by atoms with Crippen LogP contribution < -0.4 is 4.31 Å². The number of rotatable bonds is 3. The van der Waals surface area contributed by atoms with Crippen LogP contribution in [0.25, 0.3) is 0 Å². The van der Waals surface area contributed by atoms with Gasteiger partial charge < -0.3 is 4.55 Å². The van der Waals surface area contributed by atoms with Crippen molar-refractivity contribution in [1.29, 1.82) is 0 Å². The molecule has 0 saturated carbocycles. The largest absolute Gasteiger partial charge is 0.755 e. The standard InChI is InChI=1S/C12H14ClN3O2S/c1-8-4-6-10(7-5-8)16(19(17)18)11-9(2)14-15(3)12(11)13/h4-7H,1-3H3,(H,17,18)/p-1. The molecule has 0 aliphatic rings. The van der Waals surface area contributed by atoms with E-state index >= 15 is 0 Å². The predicted molar refractivity (Wildman–Crippen MR) is 75.2 cm³/mol. The third-order valence-corrected chi connectivity index (χ3v) is 3.86. The quantitative estimate of drug-likeness (QED) is 0.818. The molecule has 1 atom stereocenters. The Morgan fingerprint density at radius 3 is 2.32 bits per heavy atom. The number of benzene rings is 1. The highest BCUT2D eigenvalue weighted by Gasteiger charge is 2.20. The van der Waals surface area contributed by atoms with Crippen LogP contribution in [0, 0.1) is 13.8 Å². The lowest BCUT2D eigenvalue weighted by molar-refractivity contribution is 0.537. The number of nitrogens with zero attached hydrogens (tertiary/aromatic N) is 3. The minimum Gasteiger partial charge on any atom is -0.755 e. The molecule has 1 aromatic heterocycles. The number of halogens is 1. The fraction of sp³-hybridized carbons (Fsp3) is 0.250. The summed E-state index contributed by atoms with van der Waals surface area (Å²) in [5.41, 5.74) is 2.50. The molecule has 1 aromatic carbocycles. The number of anilines is 2. The molecule has 7 heteroatoms. The third-order valence-electron chi connectivity index (χ3n) is 2.74. The molecule has 0 aliphatic heterocycles. The van der Waals surface area contributed by atoms with Crippen LogP contribution in [0.3, 0.4) is 0 Å². The van der Waals surface area contributed by atoms with Crippen LogP contribution in [0.15, 0.2) is 24.3 Å². The average Bonchev–Trinajstić information content (AvgIpc) is 2.58. The number of hydrogen-bond acceptors (Lipinski definition) is 3. The maximum atomic E-state index is 11.5. The van der Waals surface area contributed by atoms with Gasteiger partial charge in [0.15, 0.2) is 5.15 Å². The minimum absolute atomic E-state index is 0.280. The van der Waals surface area contributed by atoms with Gasteiger partial charge >= 0.3 is 0 Å². The van der Waals surface area contributed by atoms with Crippen molar-refractivity contribution < 1.29 is 8.76 Å². The highest BCUT2D eigenvalue weighted by atomic mass is 35.5. The van der Waals surface area contributed by atoms with Crippen molar-refractivity contribution in [2.24, 2.45) is 7.05 Å². The minimum atomic E-state index is -2.47. The molecule has 0 spiro atoms. The lowest BCUT2D eigenvalue weighted by Crippen LogP contribution is -2.20. The van der Waals surface area contributed by atoms with Gasteiger partial charge in [0.05, 0.1) is 22.6 Å². The molecule has 0 aliphatic carbocycles. The van der Waals surface area contributed by atoms with Crippen LogP contribution in [-0.2, 0) is 18.3 Å². The molecule has 2 aromatic rings. The van der Waals surface area contributed by atoms with E-state index in [1.807, 2.05) is 19.1 Å². The van der Waals surface area contributed by atoms with Gasteiger partial charge in [-0.2, -0.15) is 5.10 Å². The van der Waals surface area contributed by atoms with E-state index in [2.05, 4.69) is 5.10 Å². The van der Waals surface area contributed by atoms with Crippen molar-refractivity contribution in [3.63, 3.8) is 0 Å². The first-order chi connectivity index (χ1) is 8.91. The van der Waals surface area contributed by atoms with Gasteiger partial charge in [0.1, 0.15) is 5.69 Å². The maximum absolute atomic E-state index is 11.5. The average molecular weight is 299 g/mol. The van der Waals surface area contributed by atoms with E-state index < -0.39 is 11.3 Å². The summed E-state index contributed by atoms with van der Waals surface area (Å²) in [6, 6.07) is 7.14. The van der Waals surface area contributed by atoms with Gasteiger partial charge in [0.2, 0.25) is 0 Å². The van der Waals surface area contributed by atoms with Crippen molar-refractivity contribution in [3.05, 3.63) is 40.7 Å². The van der Waals surface area contributed by atoms with Crippen molar-refractivity contribution in [1.82, 2.24) is 9.78 Å². The molecule has 0 N–H and O–H groups in total. The van der Waals surface area contributed by atoms with Crippen LogP contribution in [0.4, 0.5) is 11.4 Å². The summed E-state index contributed by atoms with van der Waals surface area (Å²) in [4.78, 5) is 0. The summed E-state index contributed by atoms with van der Waals surface area (Å²) >= 11 is 3.65. The van der Waals surface area contributed by atoms with Crippen LogP contribution in [0.1, 0.15) is 11.3 Å². The topological polar surface area (TPSA) is 61.2 Å². The summed E-state index contributed by atoms with van der Waals surface area (Å²) in [6.45, 7) is 3.65. The summed E-state index contributed by atoms with van der Waals surface area (Å²) in [7, 11) is 1.67. The molecular weight excluding hydrogens is 286 g/mol. The van der Waals surface area contributed by atoms with Crippen LogP contribution in [0.5, 0.6) is 0 Å². The van der Waals surface area contributed by atoms with Crippen molar-refractivity contribution in [3.8, 4) is 0 Å². The first-order valence-corrected chi connectivity index (χ1v) is 6.98. The van der Waals surface area contributed by atoms with Crippen molar-refractivity contribution in [2.45, 2.75) is 13.8 Å². The lowest BCUT2D eigenvalue weighted by Gasteiger charge is -2.26. The summed E-state index contributed by atoms with van der Waals surface area (Å²) in [5.74, 6) is 0. The molecule has 19 heavy (non-hydrogen) atoms. The van der Waals surface area contributed by atoms with Crippen molar-refractivity contribution in [2.75, 3.05) is 4.31 Å². The Bertz CT molecular complexity index is 625. The SMILES string of the molecule is Cc1ccc(N(c2c(C)nn(C)c2Cl)S(=O)[O-])cc1. The Labute approximate surface area is 119 Å². The molecule has 5 nitrogen and oxygen atoms in total. The molecule has 0 radical (unpaired) electrons. The molecule has 1 heterocycles. The number of aryl methyl sites for hydroxylation is 3. The Morgan fingerprint density at radius 1 is 1.32 bits per heavy atom. The lowest BCUT2D eigenvalue weighted by atomic mass is 10.2. The highest BCUT2D eigenvalue weighted by Crippen LogP contribution is 2.35. The number of hydrogen-bond donors (Lipinski definition) is 0. The molecule has 1 unspecified atom stereocenters. The van der Waals surface area contributed by atoms with E-state index in [9.17, 15) is 8.76 Å². The summed E-state index contributed by atoms with van der Waals surface area (Å²) in [5, 5.41) is 4.41. The van der Waals surface area contributed by atoms with Gasteiger partial charge in [-0.1, -0.05) is 29.3 Å². The zero-order chi connectivity index (χ0) is 14.2. The maximum Gasteiger partial charge on any atom is 0.151 e. The zero-order valence-corrected chi connectivity index (χ0v) is 12.3. The second-order valence-corrected chi connectivity index (χ2v) is 5.35. The smallest absolute Gasteiger partial charge is 0.151 e. The highest BCUT2D eigenvalue weighted by molar-refractivity contribution is 7.81. The molecule has 0 bridgehead atoms. The van der Waals surface area contributed by atoms with E-state index in [0.29, 0.717) is 17.1 Å². The third kappa shape index (κ3) is 2.65. The van der Waals surface area contributed by atoms with Crippen molar-refractivity contribution >= 4 is 34.2 Å². The second kappa shape index (κ2) is 5.32. The first kappa shape index (κ1) is 14.0. The monoisotopic (exact) mass is 298 g/mol. The molecule has 2 rings (SSSR count). The van der Waals surface area contributed by atoms with E-state index in [4.69, 9.17) is 11.6 Å². The predicted octanol–water partition coefficient (Wildman–Crippen LogP) is 2.62. The molecule has 0 saturated heterocycles. The molecular formula is C12H13ClN3O2S-. The number of aromatic nitrogens is 2. The van der Waals surface area contributed by atoms with E-state index in [1.54, 1.807) is 26.1 Å². The van der Waals surface area contributed by atoms with Gasteiger partial charge in [-0.05, 0) is 26.0 Å². The summed E-state index contributed by atoms with van der Waals surface area (Å²) in [6.07, 6.45) is 0. The Morgan fingerprint density at radius 2 is 1.89 bits per heavy atom. The van der Waals surface area contributed by atoms with E-state index in [0.717, 1.165) is 9.87 Å². The normalized spacial score (nSPS) is 12.5. The van der Waals surface area contributed by atoms with Gasteiger partial charge in [-0.15, -0.1) is 0 Å². The zero-order valence-electron chi connectivity index (χ0n) is 10.8.